The van der Waals surface area contributed by atoms with Gasteiger partial charge in [0, 0.05) is 44.2 Å². The van der Waals surface area contributed by atoms with Crippen molar-refractivity contribution in [3.8, 4) is 0 Å². The van der Waals surface area contributed by atoms with E-state index in [1.165, 1.54) is 0 Å². The third kappa shape index (κ3) is 5.33. The Morgan fingerprint density at radius 2 is 1.93 bits per heavy atom. The van der Waals surface area contributed by atoms with Gasteiger partial charge in [-0.25, -0.2) is 8.42 Å². The van der Waals surface area contributed by atoms with E-state index in [4.69, 9.17) is 9.15 Å². The minimum absolute atomic E-state index is 0.0173. The molecule has 2 heterocycles. The van der Waals surface area contributed by atoms with Crippen molar-refractivity contribution in [2.24, 2.45) is 4.99 Å². The first kappa shape index (κ1) is 22.6. The van der Waals surface area contributed by atoms with Crippen LogP contribution in [0.15, 0.2) is 33.7 Å². The van der Waals surface area contributed by atoms with E-state index in [0.29, 0.717) is 32.7 Å². The maximum Gasteiger partial charge on any atom is 0.216 e. The average molecular weight is 437 g/mol. The fourth-order valence-corrected chi connectivity index (χ4v) is 4.87. The maximum atomic E-state index is 12.5. The van der Waals surface area contributed by atoms with Gasteiger partial charge in [0.25, 0.3) is 0 Å². The lowest BCUT2D eigenvalue weighted by Gasteiger charge is -2.35. The van der Waals surface area contributed by atoms with E-state index in [0.717, 1.165) is 28.3 Å². The molecular formula is C21H32N4O4S. The fraction of sp³-hybridized carbons (Fsp3) is 0.571. The Hall–Kier alpha value is -2.10. The van der Waals surface area contributed by atoms with Crippen molar-refractivity contribution in [2.75, 3.05) is 45.6 Å². The third-order valence-corrected chi connectivity index (χ3v) is 7.12. The Bertz CT molecular complexity index is 976. The van der Waals surface area contributed by atoms with Crippen LogP contribution in [0.5, 0.6) is 0 Å². The third-order valence-electron chi connectivity index (χ3n) is 5.29. The number of fused-ring (bicyclic) bond motifs is 1. The summed E-state index contributed by atoms with van der Waals surface area (Å²) in [5, 5.41) is 4.47. The zero-order chi connectivity index (χ0) is 21.7. The largest absolute Gasteiger partial charge is 0.459 e. The second kappa shape index (κ2) is 9.80. The molecule has 166 valence electrons. The highest BCUT2D eigenvalue weighted by Crippen LogP contribution is 2.24. The maximum absolute atomic E-state index is 12.5. The molecule has 8 nitrogen and oxygen atoms in total. The molecule has 0 saturated carbocycles. The van der Waals surface area contributed by atoms with Gasteiger partial charge in [-0.1, -0.05) is 18.2 Å². The Labute approximate surface area is 178 Å². The Kier molecular flexibility index (Phi) is 7.38. The molecule has 1 N–H and O–H groups in total. The smallest absolute Gasteiger partial charge is 0.216 e. The second-order valence-electron chi connectivity index (χ2n) is 7.67. The van der Waals surface area contributed by atoms with Crippen LogP contribution in [-0.2, 0) is 21.3 Å². The van der Waals surface area contributed by atoms with E-state index in [2.05, 4.69) is 28.2 Å². The van der Waals surface area contributed by atoms with Gasteiger partial charge in [-0.15, -0.1) is 0 Å². The molecule has 0 aliphatic carbocycles. The lowest BCUT2D eigenvalue weighted by atomic mass is 10.1. The van der Waals surface area contributed by atoms with E-state index in [-0.39, 0.29) is 18.5 Å². The summed E-state index contributed by atoms with van der Waals surface area (Å²) in [4.78, 5) is 6.45. The number of guanidine groups is 1. The van der Waals surface area contributed by atoms with E-state index < -0.39 is 10.0 Å². The van der Waals surface area contributed by atoms with E-state index in [1.54, 1.807) is 11.4 Å². The standard InChI is InChI=1S/C21H32N4O4S/c1-16(2)28-13-14-30(26,27)25-11-9-24(10-12-25)21(22-4)23-15-20-17(3)18-7-5-6-8-19(18)29-20/h5-8,16H,9-15H2,1-4H3,(H,22,23). The number of aryl methyl sites for hydroxylation is 1. The minimum atomic E-state index is -3.30. The number of nitrogens with zero attached hydrogens (tertiary/aromatic N) is 3. The molecule has 3 rings (SSSR count). The Morgan fingerprint density at radius 1 is 1.23 bits per heavy atom. The number of aliphatic imine (C=N–C) groups is 1. The fourth-order valence-electron chi connectivity index (χ4n) is 3.58. The quantitative estimate of drug-likeness (QED) is 0.529. The lowest BCUT2D eigenvalue weighted by molar-refractivity contribution is 0.0904. The van der Waals surface area contributed by atoms with Crippen LogP contribution in [0.4, 0.5) is 0 Å². The summed E-state index contributed by atoms with van der Waals surface area (Å²) in [6, 6.07) is 7.98. The molecular weight excluding hydrogens is 404 g/mol. The first-order chi connectivity index (χ1) is 14.3. The zero-order valence-electron chi connectivity index (χ0n) is 18.2. The molecule has 1 aliphatic rings. The molecule has 2 aromatic rings. The highest BCUT2D eigenvalue weighted by Gasteiger charge is 2.28. The van der Waals surface area contributed by atoms with Crippen molar-refractivity contribution in [2.45, 2.75) is 33.4 Å². The molecule has 0 radical (unpaired) electrons. The Morgan fingerprint density at radius 3 is 2.57 bits per heavy atom. The number of sulfonamides is 1. The molecule has 0 atom stereocenters. The molecule has 0 spiro atoms. The van der Waals surface area contributed by atoms with Crippen LogP contribution in [0.1, 0.15) is 25.2 Å². The van der Waals surface area contributed by atoms with Crippen LogP contribution in [0, 0.1) is 6.92 Å². The summed E-state index contributed by atoms with van der Waals surface area (Å²) < 4.78 is 37.9. The molecule has 1 aromatic carbocycles. The monoisotopic (exact) mass is 436 g/mol. The molecule has 0 amide bonds. The van der Waals surface area contributed by atoms with Crippen LogP contribution < -0.4 is 5.32 Å². The number of benzene rings is 1. The minimum Gasteiger partial charge on any atom is -0.459 e. The number of ether oxygens (including phenoxy) is 1. The van der Waals surface area contributed by atoms with E-state index in [1.807, 2.05) is 32.0 Å². The molecule has 1 saturated heterocycles. The Balaban J connectivity index is 1.54. The molecule has 1 fully saturated rings. The first-order valence-corrected chi connectivity index (χ1v) is 11.9. The molecule has 30 heavy (non-hydrogen) atoms. The van der Waals surface area contributed by atoms with Crippen molar-refractivity contribution in [1.29, 1.82) is 0 Å². The number of piperazine rings is 1. The zero-order valence-corrected chi connectivity index (χ0v) is 19.0. The molecule has 1 aromatic heterocycles. The van der Waals surface area contributed by atoms with Crippen molar-refractivity contribution < 1.29 is 17.6 Å². The lowest BCUT2D eigenvalue weighted by Crippen LogP contribution is -2.54. The van der Waals surface area contributed by atoms with Crippen LogP contribution in [0.3, 0.4) is 0 Å². The topological polar surface area (TPSA) is 87.4 Å². The summed E-state index contributed by atoms with van der Waals surface area (Å²) in [5.41, 5.74) is 2.00. The van der Waals surface area contributed by atoms with Crippen molar-refractivity contribution in [3.63, 3.8) is 0 Å². The highest BCUT2D eigenvalue weighted by atomic mass is 32.2. The second-order valence-corrected chi connectivity index (χ2v) is 9.76. The van der Waals surface area contributed by atoms with Crippen molar-refractivity contribution in [3.05, 3.63) is 35.6 Å². The van der Waals surface area contributed by atoms with Crippen molar-refractivity contribution >= 4 is 27.0 Å². The van der Waals surface area contributed by atoms with Crippen molar-refractivity contribution in [1.82, 2.24) is 14.5 Å². The van der Waals surface area contributed by atoms with Crippen LogP contribution in [0.2, 0.25) is 0 Å². The summed E-state index contributed by atoms with van der Waals surface area (Å²) in [6.45, 7) is 8.65. The predicted octanol–water partition coefficient (Wildman–Crippen LogP) is 2.19. The van der Waals surface area contributed by atoms with E-state index in [9.17, 15) is 8.42 Å². The number of hydrogen-bond donors (Lipinski definition) is 1. The van der Waals surface area contributed by atoms with E-state index >= 15 is 0 Å². The van der Waals surface area contributed by atoms with Gasteiger partial charge in [-0.05, 0) is 26.8 Å². The summed E-state index contributed by atoms with van der Waals surface area (Å²) in [6.07, 6.45) is 0.0295. The van der Waals surface area contributed by atoms with Gasteiger partial charge in [0.05, 0.1) is 25.0 Å². The predicted molar refractivity (Wildman–Crippen MR) is 119 cm³/mol. The molecule has 0 unspecified atom stereocenters. The number of rotatable bonds is 7. The average Bonchev–Trinajstić information content (AvgIpc) is 3.04. The summed E-state index contributed by atoms with van der Waals surface area (Å²) >= 11 is 0. The van der Waals surface area contributed by atoms with Gasteiger partial charge in [0.15, 0.2) is 5.96 Å². The van der Waals surface area contributed by atoms with Crippen LogP contribution in [-0.4, -0.2) is 75.3 Å². The van der Waals surface area contributed by atoms with Gasteiger partial charge in [-0.3, -0.25) is 4.99 Å². The van der Waals surface area contributed by atoms with Gasteiger partial charge in [0.2, 0.25) is 10.0 Å². The number of hydrogen-bond acceptors (Lipinski definition) is 5. The summed E-state index contributed by atoms with van der Waals surface area (Å²) in [7, 11) is -1.57. The number of nitrogens with one attached hydrogen (secondary N) is 1. The normalized spacial score (nSPS) is 16.6. The van der Waals surface area contributed by atoms with Gasteiger partial charge in [0.1, 0.15) is 11.3 Å². The number of para-hydroxylation sites is 1. The highest BCUT2D eigenvalue weighted by molar-refractivity contribution is 7.89. The summed E-state index contributed by atoms with van der Waals surface area (Å²) in [5.74, 6) is 1.64. The molecule has 9 heteroatoms. The SMILES string of the molecule is CN=C(NCc1oc2ccccc2c1C)N1CCN(S(=O)(=O)CCOC(C)C)CC1. The van der Waals surface area contributed by atoms with Gasteiger partial charge in [-0.2, -0.15) is 4.31 Å². The van der Waals surface area contributed by atoms with Gasteiger partial charge < -0.3 is 19.4 Å². The molecule has 0 bridgehead atoms. The van der Waals surface area contributed by atoms with Crippen LogP contribution >= 0.6 is 0 Å². The molecule has 1 aliphatic heterocycles. The van der Waals surface area contributed by atoms with Crippen LogP contribution in [0.25, 0.3) is 11.0 Å². The first-order valence-electron chi connectivity index (χ1n) is 10.3. The number of furan rings is 1. The van der Waals surface area contributed by atoms with Gasteiger partial charge >= 0.3 is 0 Å².